The van der Waals surface area contributed by atoms with E-state index in [4.69, 9.17) is 23.2 Å². The smallest absolute Gasteiger partial charge is 0.203 e. The summed E-state index contributed by atoms with van der Waals surface area (Å²) in [5.41, 5.74) is 1.06. The van der Waals surface area contributed by atoms with Crippen molar-refractivity contribution in [3.8, 4) is 0 Å². The molecule has 0 bridgehead atoms. The second-order valence-electron chi connectivity index (χ2n) is 7.60. The first-order chi connectivity index (χ1) is 12.3. The molecule has 3 atom stereocenters. The van der Waals surface area contributed by atoms with Crippen LogP contribution < -0.4 is 5.32 Å². The molecule has 1 fully saturated rings. The van der Waals surface area contributed by atoms with Crippen molar-refractivity contribution in [3.05, 3.63) is 33.8 Å². The predicted molar refractivity (Wildman–Crippen MR) is 110 cm³/mol. The minimum absolute atomic E-state index is 0.0301. The molecule has 26 heavy (non-hydrogen) atoms. The molecule has 2 rings (SSSR count). The fourth-order valence-electron chi connectivity index (χ4n) is 3.64. The van der Waals surface area contributed by atoms with Crippen LogP contribution in [0.2, 0.25) is 10.0 Å². The summed E-state index contributed by atoms with van der Waals surface area (Å²) < 4.78 is 12.4. The number of aliphatic hydroxyl groups is 1. The maximum atomic E-state index is 12.4. The zero-order valence-electron chi connectivity index (χ0n) is 15.3. The quantitative estimate of drug-likeness (QED) is 0.496. The number of benzene rings is 1. The Kier molecular flexibility index (Phi) is 8.93. The standard InChI is InChI=1S/C19H30Cl2NO3P/c1-14(16-7-8-18(20)19(21)9-16)10-22-11-17(23)13-26(24,25)12-15-5-3-2-4-6-15/h7-9,14-15,17,22-23H,2-6,10-13H2,1H3,(H,24,25). The van der Waals surface area contributed by atoms with E-state index in [1.54, 1.807) is 6.07 Å². The van der Waals surface area contributed by atoms with Crippen LogP contribution in [0.5, 0.6) is 0 Å². The topological polar surface area (TPSA) is 69.6 Å². The van der Waals surface area contributed by atoms with Gasteiger partial charge < -0.3 is 15.3 Å². The van der Waals surface area contributed by atoms with Gasteiger partial charge in [-0.3, -0.25) is 4.57 Å². The molecule has 0 spiro atoms. The molecule has 1 saturated carbocycles. The van der Waals surface area contributed by atoms with Gasteiger partial charge in [-0.15, -0.1) is 0 Å². The Morgan fingerprint density at radius 1 is 1.19 bits per heavy atom. The zero-order chi connectivity index (χ0) is 19.2. The average molecular weight is 422 g/mol. The number of hydrogen-bond acceptors (Lipinski definition) is 3. The molecule has 148 valence electrons. The van der Waals surface area contributed by atoms with Gasteiger partial charge in [0.05, 0.1) is 22.3 Å². The van der Waals surface area contributed by atoms with Crippen LogP contribution in [0.1, 0.15) is 50.5 Å². The Morgan fingerprint density at radius 3 is 2.54 bits per heavy atom. The summed E-state index contributed by atoms with van der Waals surface area (Å²) in [5.74, 6) is 0.537. The zero-order valence-corrected chi connectivity index (χ0v) is 17.7. The molecule has 0 radical (unpaired) electrons. The molecule has 7 heteroatoms. The first-order valence-electron chi connectivity index (χ1n) is 9.41. The number of aliphatic hydroxyl groups excluding tert-OH is 1. The van der Waals surface area contributed by atoms with Crippen molar-refractivity contribution in [1.29, 1.82) is 0 Å². The lowest BCUT2D eigenvalue weighted by Gasteiger charge is -2.25. The van der Waals surface area contributed by atoms with E-state index in [1.807, 2.05) is 12.1 Å². The Hall–Kier alpha value is -0.0900. The minimum atomic E-state index is -3.27. The molecule has 1 aliphatic rings. The molecule has 3 unspecified atom stereocenters. The Balaban J connectivity index is 1.72. The molecule has 0 amide bonds. The van der Waals surface area contributed by atoms with Gasteiger partial charge in [-0.1, -0.05) is 55.5 Å². The molecule has 1 aromatic carbocycles. The van der Waals surface area contributed by atoms with E-state index in [0.717, 1.165) is 31.2 Å². The van der Waals surface area contributed by atoms with Crippen molar-refractivity contribution in [2.75, 3.05) is 25.4 Å². The van der Waals surface area contributed by atoms with Crippen molar-refractivity contribution in [3.63, 3.8) is 0 Å². The third-order valence-electron chi connectivity index (χ3n) is 5.11. The van der Waals surface area contributed by atoms with E-state index in [2.05, 4.69) is 12.2 Å². The summed E-state index contributed by atoms with van der Waals surface area (Å²) in [6.45, 7) is 3.01. The first kappa shape index (κ1) is 22.2. The van der Waals surface area contributed by atoms with Gasteiger partial charge in [0.1, 0.15) is 0 Å². The highest BCUT2D eigenvalue weighted by Crippen LogP contribution is 2.45. The molecule has 0 saturated heterocycles. The number of hydrogen-bond donors (Lipinski definition) is 3. The lowest BCUT2D eigenvalue weighted by atomic mass is 9.91. The fourth-order valence-corrected chi connectivity index (χ4v) is 6.06. The molecule has 4 nitrogen and oxygen atoms in total. The predicted octanol–water partition coefficient (Wildman–Crippen LogP) is 4.90. The number of halogens is 2. The van der Waals surface area contributed by atoms with Gasteiger partial charge in [0, 0.05) is 19.3 Å². The van der Waals surface area contributed by atoms with Crippen molar-refractivity contribution in [2.24, 2.45) is 5.92 Å². The van der Waals surface area contributed by atoms with Gasteiger partial charge in [0.2, 0.25) is 7.37 Å². The van der Waals surface area contributed by atoms with E-state index in [9.17, 15) is 14.6 Å². The van der Waals surface area contributed by atoms with Crippen LogP contribution in [0.15, 0.2) is 18.2 Å². The summed E-state index contributed by atoms with van der Waals surface area (Å²) >= 11 is 12.0. The van der Waals surface area contributed by atoms with Gasteiger partial charge >= 0.3 is 0 Å². The Bertz CT molecular complexity index is 623. The minimum Gasteiger partial charge on any atom is -0.391 e. The van der Waals surface area contributed by atoms with Crippen LogP contribution >= 0.6 is 30.6 Å². The van der Waals surface area contributed by atoms with Crippen molar-refractivity contribution < 1.29 is 14.6 Å². The first-order valence-corrected chi connectivity index (χ1v) is 12.2. The Morgan fingerprint density at radius 2 is 1.88 bits per heavy atom. The molecule has 1 aromatic rings. The summed E-state index contributed by atoms with van der Waals surface area (Å²) in [6.07, 6.45) is 5.13. The highest BCUT2D eigenvalue weighted by Gasteiger charge is 2.28. The van der Waals surface area contributed by atoms with Crippen LogP contribution in [0.25, 0.3) is 0 Å². The lowest BCUT2D eigenvalue weighted by molar-refractivity contribution is 0.189. The lowest BCUT2D eigenvalue weighted by Crippen LogP contribution is -2.32. The summed E-state index contributed by atoms with van der Waals surface area (Å²) in [7, 11) is -3.27. The third-order valence-corrected chi connectivity index (χ3v) is 7.93. The van der Waals surface area contributed by atoms with E-state index in [-0.39, 0.29) is 12.1 Å². The van der Waals surface area contributed by atoms with Crippen molar-refractivity contribution in [2.45, 2.75) is 51.0 Å². The van der Waals surface area contributed by atoms with E-state index < -0.39 is 13.5 Å². The second-order valence-corrected chi connectivity index (χ2v) is 10.8. The van der Waals surface area contributed by atoms with Crippen LogP contribution in [-0.4, -0.2) is 41.5 Å². The maximum absolute atomic E-state index is 12.4. The van der Waals surface area contributed by atoms with Crippen LogP contribution in [0, 0.1) is 5.92 Å². The second kappa shape index (κ2) is 10.5. The van der Waals surface area contributed by atoms with Crippen LogP contribution in [-0.2, 0) is 4.57 Å². The van der Waals surface area contributed by atoms with Crippen LogP contribution in [0.3, 0.4) is 0 Å². The SMILES string of the molecule is CC(CNCC(O)CP(=O)(O)CC1CCCCC1)c1ccc(Cl)c(Cl)c1. The molecule has 3 N–H and O–H groups in total. The van der Waals surface area contributed by atoms with Crippen molar-refractivity contribution in [1.82, 2.24) is 5.32 Å². The number of nitrogens with one attached hydrogen (secondary N) is 1. The molecule has 0 heterocycles. The highest BCUT2D eigenvalue weighted by molar-refractivity contribution is 7.58. The summed E-state index contributed by atoms with van der Waals surface area (Å²) in [4.78, 5) is 10.2. The molecule has 0 aliphatic heterocycles. The monoisotopic (exact) mass is 421 g/mol. The molecular weight excluding hydrogens is 392 g/mol. The largest absolute Gasteiger partial charge is 0.391 e. The Labute approximate surface area is 166 Å². The fraction of sp³-hybridized carbons (Fsp3) is 0.684. The van der Waals surface area contributed by atoms with Crippen LogP contribution in [0.4, 0.5) is 0 Å². The van der Waals surface area contributed by atoms with E-state index in [1.165, 1.54) is 6.42 Å². The van der Waals surface area contributed by atoms with Gasteiger partial charge in [-0.05, 0) is 42.4 Å². The molecule has 1 aliphatic carbocycles. The van der Waals surface area contributed by atoms with Gasteiger partial charge in [-0.2, -0.15) is 0 Å². The van der Waals surface area contributed by atoms with E-state index in [0.29, 0.717) is 35.2 Å². The highest BCUT2D eigenvalue weighted by atomic mass is 35.5. The maximum Gasteiger partial charge on any atom is 0.203 e. The van der Waals surface area contributed by atoms with Gasteiger partial charge in [-0.25, -0.2) is 0 Å². The summed E-state index contributed by atoms with van der Waals surface area (Å²) in [5, 5.41) is 14.4. The van der Waals surface area contributed by atoms with Gasteiger partial charge in [0.15, 0.2) is 0 Å². The van der Waals surface area contributed by atoms with E-state index >= 15 is 0 Å². The average Bonchev–Trinajstić information content (AvgIpc) is 2.57. The molecule has 0 aromatic heterocycles. The normalized spacial score (nSPS) is 20.5. The van der Waals surface area contributed by atoms with Crippen molar-refractivity contribution >= 4 is 30.6 Å². The number of rotatable bonds is 9. The third kappa shape index (κ3) is 7.50. The van der Waals surface area contributed by atoms with Gasteiger partial charge in [0.25, 0.3) is 0 Å². The summed E-state index contributed by atoms with van der Waals surface area (Å²) in [6, 6.07) is 5.56. The molecular formula is C19H30Cl2NO3P.